The summed E-state index contributed by atoms with van der Waals surface area (Å²) >= 11 is 1.66. The fourth-order valence-electron chi connectivity index (χ4n) is 0.985. The predicted molar refractivity (Wildman–Crippen MR) is 66.1 cm³/mol. The monoisotopic (exact) mass is 267 g/mol. The smallest absolute Gasteiger partial charge is 0.327 e. The van der Waals surface area contributed by atoms with Crippen LogP contribution in [0.1, 0.15) is 13.8 Å². The maximum atomic E-state index is 11.5. The SMILES string of the molecule is CCSCCS(=O)CC(NC(C)=O)C(=O)O. The average Bonchev–Trinajstić information content (AvgIpc) is 2.16. The Hall–Kier alpha value is -0.560. The molecule has 2 atom stereocenters. The Labute approximate surface area is 102 Å². The number of carboxylic acid groups (broad SMARTS) is 1. The van der Waals surface area contributed by atoms with Gasteiger partial charge < -0.3 is 10.4 Å². The van der Waals surface area contributed by atoms with Crippen LogP contribution in [0.2, 0.25) is 0 Å². The maximum Gasteiger partial charge on any atom is 0.327 e. The molecule has 0 aromatic rings. The quantitative estimate of drug-likeness (QED) is 0.608. The van der Waals surface area contributed by atoms with Crippen molar-refractivity contribution >= 4 is 34.4 Å². The number of carbonyl (C=O) groups excluding carboxylic acids is 1. The van der Waals surface area contributed by atoms with Crippen molar-refractivity contribution in [1.29, 1.82) is 0 Å². The van der Waals surface area contributed by atoms with E-state index in [4.69, 9.17) is 5.11 Å². The first-order valence-corrected chi connectivity index (χ1v) is 7.54. The first-order valence-electron chi connectivity index (χ1n) is 4.90. The number of rotatable bonds is 8. The van der Waals surface area contributed by atoms with Crippen molar-refractivity contribution in [3.05, 3.63) is 0 Å². The van der Waals surface area contributed by atoms with E-state index in [-0.39, 0.29) is 5.75 Å². The number of nitrogens with one attached hydrogen (secondary N) is 1. The van der Waals surface area contributed by atoms with Crippen molar-refractivity contribution in [3.8, 4) is 0 Å². The number of carbonyl (C=O) groups is 2. The van der Waals surface area contributed by atoms with Crippen LogP contribution in [0.15, 0.2) is 0 Å². The van der Waals surface area contributed by atoms with Crippen LogP contribution < -0.4 is 5.32 Å². The van der Waals surface area contributed by atoms with Gasteiger partial charge in [-0.2, -0.15) is 11.8 Å². The molecular formula is C9H17NO4S2. The number of amides is 1. The van der Waals surface area contributed by atoms with Crippen molar-refractivity contribution in [2.75, 3.05) is 23.0 Å². The topological polar surface area (TPSA) is 83.5 Å². The van der Waals surface area contributed by atoms with Gasteiger partial charge in [0.2, 0.25) is 5.91 Å². The first-order chi connectivity index (χ1) is 7.47. The molecule has 16 heavy (non-hydrogen) atoms. The van der Waals surface area contributed by atoms with E-state index in [1.54, 1.807) is 11.8 Å². The van der Waals surface area contributed by atoms with Crippen molar-refractivity contribution in [3.63, 3.8) is 0 Å². The van der Waals surface area contributed by atoms with Crippen LogP contribution in [0.25, 0.3) is 0 Å². The molecule has 0 saturated heterocycles. The highest BCUT2D eigenvalue weighted by molar-refractivity contribution is 8.00. The van der Waals surface area contributed by atoms with Gasteiger partial charge in [-0.15, -0.1) is 0 Å². The third kappa shape index (κ3) is 7.70. The summed E-state index contributed by atoms with van der Waals surface area (Å²) in [7, 11) is -1.20. The third-order valence-electron chi connectivity index (χ3n) is 1.69. The van der Waals surface area contributed by atoms with E-state index in [1.165, 1.54) is 6.92 Å². The molecule has 0 bridgehead atoms. The van der Waals surface area contributed by atoms with Gasteiger partial charge in [0.1, 0.15) is 6.04 Å². The minimum Gasteiger partial charge on any atom is -0.480 e. The molecule has 2 N–H and O–H groups in total. The van der Waals surface area contributed by atoms with Crippen molar-refractivity contribution in [1.82, 2.24) is 5.32 Å². The summed E-state index contributed by atoms with van der Waals surface area (Å²) < 4.78 is 11.5. The van der Waals surface area contributed by atoms with Crippen LogP contribution in [0.3, 0.4) is 0 Å². The fourth-order valence-corrected chi connectivity index (χ4v) is 3.25. The van der Waals surface area contributed by atoms with Gasteiger partial charge in [0.15, 0.2) is 0 Å². The zero-order chi connectivity index (χ0) is 12.6. The Bertz CT molecular complexity index is 270. The van der Waals surface area contributed by atoms with Crippen LogP contribution in [0.4, 0.5) is 0 Å². The van der Waals surface area contributed by atoms with Crippen LogP contribution >= 0.6 is 11.8 Å². The molecule has 0 saturated carbocycles. The third-order valence-corrected chi connectivity index (χ3v) is 4.21. The molecule has 0 aliphatic rings. The highest BCUT2D eigenvalue weighted by Gasteiger charge is 2.20. The van der Waals surface area contributed by atoms with E-state index in [1.807, 2.05) is 6.92 Å². The van der Waals surface area contributed by atoms with E-state index < -0.39 is 28.7 Å². The summed E-state index contributed by atoms with van der Waals surface area (Å²) in [6, 6.07) is -1.05. The van der Waals surface area contributed by atoms with Crippen LogP contribution in [-0.4, -0.2) is 50.2 Å². The molecular weight excluding hydrogens is 250 g/mol. The molecule has 0 aromatic carbocycles. The summed E-state index contributed by atoms with van der Waals surface area (Å²) in [5, 5.41) is 11.1. The van der Waals surface area contributed by atoms with Gasteiger partial charge in [-0.3, -0.25) is 9.00 Å². The maximum absolute atomic E-state index is 11.5. The summed E-state index contributed by atoms with van der Waals surface area (Å²) in [6.07, 6.45) is 0. The van der Waals surface area contributed by atoms with Gasteiger partial charge in [-0.25, -0.2) is 4.79 Å². The van der Waals surface area contributed by atoms with E-state index in [9.17, 15) is 13.8 Å². The van der Waals surface area contributed by atoms with Gasteiger partial charge in [0, 0.05) is 29.2 Å². The Balaban J connectivity index is 4.03. The number of hydrogen-bond acceptors (Lipinski definition) is 4. The minimum atomic E-state index is -1.20. The molecule has 94 valence electrons. The second-order valence-corrected chi connectivity index (χ2v) is 6.11. The second kappa shape index (κ2) is 8.58. The van der Waals surface area contributed by atoms with E-state index in [2.05, 4.69) is 5.32 Å². The summed E-state index contributed by atoms with van der Waals surface area (Å²) in [5.41, 5.74) is 0. The Morgan fingerprint density at radius 1 is 1.50 bits per heavy atom. The Kier molecular flexibility index (Phi) is 8.28. The largest absolute Gasteiger partial charge is 0.480 e. The van der Waals surface area contributed by atoms with Crippen LogP contribution in [0.5, 0.6) is 0 Å². The lowest BCUT2D eigenvalue weighted by molar-refractivity contribution is -0.140. The van der Waals surface area contributed by atoms with E-state index in [0.29, 0.717) is 5.75 Å². The summed E-state index contributed by atoms with van der Waals surface area (Å²) in [4.78, 5) is 21.5. The standard InChI is InChI=1S/C9H17NO4S2/c1-3-15-4-5-16(14)6-8(9(12)13)10-7(2)11/h8H,3-6H2,1-2H3,(H,10,11)(H,12,13). The molecule has 0 aromatic heterocycles. The Morgan fingerprint density at radius 2 is 2.12 bits per heavy atom. The summed E-state index contributed by atoms with van der Waals surface area (Å²) in [5.74, 6) is 0.556. The van der Waals surface area contributed by atoms with Crippen LogP contribution in [-0.2, 0) is 20.4 Å². The zero-order valence-corrected chi connectivity index (χ0v) is 11.0. The lowest BCUT2D eigenvalue weighted by atomic mass is 10.3. The van der Waals surface area contributed by atoms with E-state index >= 15 is 0 Å². The zero-order valence-electron chi connectivity index (χ0n) is 9.39. The number of aliphatic carboxylic acids is 1. The second-order valence-electron chi connectivity index (χ2n) is 3.10. The van der Waals surface area contributed by atoms with Gasteiger partial charge >= 0.3 is 5.97 Å². The summed E-state index contributed by atoms with van der Waals surface area (Å²) in [6.45, 7) is 3.25. The fraction of sp³-hybridized carbons (Fsp3) is 0.778. The molecule has 5 nitrogen and oxygen atoms in total. The first kappa shape index (κ1) is 15.4. The Morgan fingerprint density at radius 3 is 2.56 bits per heavy atom. The van der Waals surface area contributed by atoms with Gasteiger partial charge in [0.25, 0.3) is 0 Å². The lowest BCUT2D eigenvalue weighted by Gasteiger charge is -2.12. The molecule has 7 heteroatoms. The highest BCUT2D eigenvalue weighted by atomic mass is 32.2. The van der Waals surface area contributed by atoms with Crippen molar-refractivity contribution in [2.45, 2.75) is 19.9 Å². The molecule has 2 unspecified atom stereocenters. The molecule has 0 heterocycles. The van der Waals surface area contributed by atoms with E-state index in [0.717, 1.165) is 11.5 Å². The van der Waals surface area contributed by atoms with Gasteiger partial charge in [-0.05, 0) is 5.75 Å². The van der Waals surface area contributed by atoms with Crippen molar-refractivity contribution < 1.29 is 18.9 Å². The normalized spacial score (nSPS) is 14.1. The molecule has 0 rings (SSSR count). The number of hydrogen-bond donors (Lipinski definition) is 2. The molecule has 1 amide bonds. The van der Waals surface area contributed by atoms with Crippen molar-refractivity contribution in [2.24, 2.45) is 0 Å². The molecule has 0 aliphatic carbocycles. The molecule has 0 spiro atoms. The number of carboxylic acids is 1. The molecule has 0 fully saturated rings. The minimum absolute atomic E-state index is 0.0286. The highest BCUT2D eigenvalue weighted by Crippen LogP contribution is 2.00. The molecule has 0 radical (unpaired) electrons. The van der Waals surface area contributed by atoms with Gasteiger partial charge in [0.05, 0.1) is 5.75 Å². The average molecular weight is 267 g/mol. The lowest BCUT2D eigenvalue weighted by Crippen LogP contribution is -2.43. The van der Waals surface area contributed by atoms with Gasteiger partial charge in [-0.1, -0.05) is 6.92 Å². The molecule has 0 aliphatic heterocycles. The van der Waals surface area contributed by atoms with Crippen LogP contribution in [0, 0.1) is 0 Å². The number of thioether (sulfide) groups is 1. The predicted octanol–water partition coefficient (Wildman–Crippen LogP) is 0.0775.